The van der Waals surface area contributed by atoms with Crippen LogP contribution in [0.5, 0.6) is 0 Å². The number of carbonyl (C=O) groups excluding carboxylic acids is 1. The maximum Gasteiger partial charge on any atom is 0.253 e. The van der Waals surface area contributed by atoms with Crippen LogP contribution in [-0.4, -0.2) is 28.9 Å². The van der Waals surface area contributed by atoms with Gasteiger partial charge in [0.05, 0.1) is 6.26 Å². The Morgan fingerprint density at radius 1 is 1.10 bits per heavy atom. The first-order chi connectivity index (χ1) is 14.2. The van der Waals surface area contributed by atoms with E-state index in [1.807, 2.05) is 35.4 Å². The Kier molecular flexibility index (Phi) is 6.00. The standard InChI is InChI=1S/C24H25ClN2O2/c1-2-6-20-13-17(9-10-26-20)23-15-19(16-29-23)21-8-7-18(14-22(21)25)24(28)27-11-4-3-5-12-27/h7-10,13-16H,2-6,11-12H2,1H3. The normalized spacial score (nSPS) is 14.2. The number of rotatable bonds is 5. The average Bonchev–Trinajstić information content (AvgIpc) is 3.24. The number of benzene rings is 1. The third-order valence-corrected chi connectivity index (χ3v) is 5.69. The smallest absolute Gasteiger partial charge is 0.253 e. The van der Waals surface area contributed by atoms with Crippen molar-refractivity contribution >= 4 is 17.5 Å². The van der Waals surface area contributed by atoms with Crippen LogP contribution in [0.2, 0.25) is 5.02 Å². The Morgan fingerprint density at radius 2 is 1.93 bits per heavy atom. The number of nitrogens with zero attached hydrogens (tertiary/aromatic N) is 2. The van der Waals surface area contributed by atoms with Gasteiger partial charge >= 0.3 is 0 Å². The fraction of sp³-hybridized carbons (Fsp3) is 0.333. The molecule has 2 aromatic heterocycles. The highest BCUT2D eigenvalue weighted by atomic mass is 35.5. The lowest BCUT2D eigenvalue weighted by atomic mass is 10.0. The molecule has 0 saturated carbocycles. The summed E-state index contributed by atoms with van der Waals surface area (Å²) in [5.41, 5.74) is 4.46. The van der Waals surface area contributed by atoms with E-state index in [9.17, 15) is 4.79 Å². The molecule has 0 aliphatic carbocycles. The molecular weight excluding hydrogens is 384 g/mol. The van der Waals surface area contributed by atoms with E-state index in [0.717, 1.165) is 66.9 Å². The van der Waals surface area contributed by atoms with Crippen molar-refractivity contribution in [2.24, 2.45) is 0 Å². The molecule has 4 nitrogen and oxygen atoms in total. The zero-order chi connectivity index (χ0) is 20.2. The molecule has 150 valence electrons. The zero-order valence-corrected chi connectivity index (χ0v) is 17.4. The molecule has 1 aliphatic rings. The molecule has 0 radical (unpaired) electrons. The molecule has 1 saturated heterocycles. The number of aryl methyl sites for hydroxylation is 1. The maximum atomic E-state index is 12.7. The Morgan fingerprint density at radius 3 is 2.69 bits per heavy atom. The summed E-state index contributed by atoms with van der Waals surface area (Å²) in [6, 6.07) is 11.5. The van der Waals surface area contributed by atoms with Gasteiger partial charge in [0.25, 0.3) is 5.91 Å². The van der Waals surface area contributed by atoms with Gasteiger partial charge in [0.1, 0.15) is 5.76 Å². The Hall–Kier alpha value is -2.59. The molecule has 3 heterocycles. The molecule has 4 rings (SSSR count). The van der Waals surface area contributed by atoms with Crippen LogP contribution < -0.4 is 0 Å². The summed E-state index contributed by atoms with van der Waals surface area (Å²) in [6.07, 6.45) is 8.87. The van der Waals surface area contributed by atoms with E-state index in [1.165, 1.54) is 6.42 Å². The highest BCUT2D eigenvalue weighted by molar-refractivity contribution is 6.33. The van der Waals surface area contributed by atoms with Crippen LogP contribution in [-0.2, 0) is 6.42 Å². The van der Waals surface area contributed by atoms with Gasteiger partial charge in [0.2, 0.25) is 0 Å². The van der Waals surface area contributed by atoms with Crippen LogP contribution in [0.4, 0.5) is 0 Å². The number of aromatic nitrogens is 1. The van der Waals surface area contributed by atoms with Crippen molar-refractivity contribution in [3.8, 4) is 22.5 Å². The summed E-state index contributed by atoms with van der Waals surface area (Å²) in [5.74, 6) is 0.843. The quantitative estimate of drug-likeness (QED) is 0.501. The predicted molar refractivity (Wildman–Crippen MR) is 116 cm³/mol. The second-order valence-electron chi connectivity index (χ2n) is 7.53. The molecule has 29 heavy (non-hydrogen) atoms. The van der Waals surface area contributed by atoms with Gasteiger partial charge in [-0.3, -0.25) is 9.78 Å². The number of halogens is 1. The van der Waals surface area contributed by atoms with Gasteiger partial charge in [0, 0.05) is 52.3 Å². The Labute approximate surface area is 176 Å². The molecule has 5 heteroatoms. The molecule has 1 fully saturated rings. The van der Waals surface area contributed by atoms with E-state index in [0.29, 0.717) is 10.6 Å². The number of hydrogen-bond acceptors (Lipinski definition) is 3. The molecule has 1 amide bonds. The van der Waals surface area contributed by atoms with Crippen molar-refractivity contribution in [3.05, 3.63) is 65.1 Å². The Balaban J connectivity index is 1.56. The van der Waals surface area contributed by atoms with Crippen LogP contribution in [0.25, 0.3) is 22.5 Å². The van der Waals surface area contributed by atoms with Gasteiger partial charge in [-0.15, -0.1) is 0 Å². The lowest BCUT2D eigenvalue weighted by Crippen LogP contribution is -2.35. The molecule has 0 unspecified atom stereocenters. The van der Waals surface area contributed by atoms with Crippen LogP contribution in [0.3, 0.4) is 0 Å². The van der Waals surface area contributed by atoms with Crippen LogP contribution in [0, 0.1) is 0 Å². The third-order valence-electron chi connectivity index (χ3n) is 5.38. The van der Waals surface area contributed by atoms with E-state index in [2.05, 4.69) is 18.0 Å². The monoisotopic (exact) mass is 408 g/mol. The van der Waals surface area contributed by atoms with E-state index in [4.69, 9.17) is 16.0 Å². The summed E-state index contributed by atoms with van der Waals surface area (Å²) >= 11 is 6.55. The maximum absolute atomic E-state index is 12.7. The summed E-state index contributed by atoms with van der Waals surface area (Å²) in [7, 11) is 0. The van der Waals surface area contributed by atoms with Crippen LogP contribution >= 0.6 is 11.6 Å². The van der Waals surface area contributed by atoms with E-state index in [-0.39, 0.29) is 5.91 Å². The number of hydrogen-bond donors (Lipinski definition) is 0. The van der Waals surface area contributed by atoms with Crippen molar-refractivity contribution in [1.82, 2.24) is 9.88 Å². The minimum absolute atomic E-state index is 0.0614. The average molecular weight is 409 g/mol. The lowest BCUT2D eigenvalue weighted by molar-refractivity contribution is 0.0724. The van der Waals surface area contributed by atoms with Gasteiger partial charge in [0.15, 0.2) is 0 Å². The molecule has 1 aliphatic heterocycles. The van der Waals surface area contributed by atoms with Crippen molar-refractivity contribution in [1.29, 1.82) is 0 Å². The number of piperidine rings is 1. The molecule has 0 spiro atoms. The molecule has 0 atom stereocenters. The van der Waals surface area contributed by atoms with Gasteiger partial charge in [-0.2, -0.15) is 0 Å². The summed E-state index contributed by atoms with van der Waals surface area (Å²) in [6.45, 7) is 3.80. The number of pyridine rings is 1. The minimum Gasteiger partial charge on any atom is -0.464 e. The van der Waals surface area contributed by atoms with Gasteiger partial charge in [-0.05, 0) is 56.0 Å². The van der Waals surface area contributed by atoms with E-state index >= 15 is 0 Å². The number of furan rings is 1. The lowest BCUT2D eigenvalue weighted by Gasteiger charge is -2.26. The largest absolute Gasteiger partial charge is 0.464 e. The van der Waals surface area contributed by atoms with Crippen molar-refractivity contribution in [3.63, 3.8) is 0 Å². The van der Waals surface area contributed by atoms with Gasteiger partial charge in [-0.25, -0.2) is 0 Å². The number of carbonyl (C=O) groups is 1. The first-order valence-corrected chi connectivity index (χ1v) is 10.7. The van der Waals surface area contributed by atoms with Crippen molar-refractivity contribution in [2.75, 3.05) is 13.1 Å². The minimum atomic E-state index is 0.0614. The summed E-state index contributed by atoms with van der Waals surface area (Å²) in [4.78, 5) is 19.0. The fourth-order valence-electron chi connectivity index (χ4n) is 3.81. The molecular formula is C24H25ClN2O2. The van der Waals surface area contributed by atoms with E-state index < -0.39 is 0 Å². The first kappa shape index (κ1) is 19.7. The second kappa shape index (κ2) is 8.83. The van der Waals surface area contributed by atoms with E-state index in [1.54, 1.807) is 12.3 Å². The second-order valence-corrected chi connectivity index (χ2v) is 7.94. The zero-order valence-electron chi connectivity index (χ0n) is 16.7. The highest BCUT2D eigenvalue weighted by Crippen LogP contribution is 2.33. The highest BCUT2D eigenvalue weighted by Gasteiger charge is 2.19. The molecule has 0 bridgehead atoms. The molecule has 1 aromatic carbocycles. The summed E-state index contributed by atoms with van der Waals surface area (Å²) < 4.78 is 5.80. The van der Waals surface area contributed by atoms with Crippen molar-refractivity contribution < 1.29 is 9.21 Å². The Bertz CT molecular complexity index is 1010. The topological polar surface area (TPSA) is 46.3 Å². The van der Waals surface area contributed by atoms with Crippen LogP contribution in [0.15, 0.2) is 53.3 Å². The van der Waals surface area contributed by atoms with Gasteiger partial charge in [-0.1, -0.05) is 31.0 Å². The fourth-order valence-corrected chi connectivity index (χ4v) is 4.10. The third kappa shape index (κ3) is 4.38. The van der Waals surface area contributed by atoms with Crippen LogP contribution in [0.1, 0.15) is 48.7 Å². The van der Waals surface area contributed by atoms with Crippen molar-refractivity contribution in [2.45, 2.75) is 39.0 Å². The summed E-state index contributed by atoms with van der Waals surface area (Å²) in [5, 5.41) is 0.557. The first-order valence-electron chi connectivity index (χ1n) is 10.3. The predicted octanol–water partition coefficient (Wildman–Crippen LogP) is 6.24. The molecule has 0 N–H and O–H groups in total. The number of amides is 1. The number of likely N-dealkylation sites (tertiary alicyclic amines) is 1. The molecule has 3 aromatic rings. The van der Waals surface area contributed by atoms with Gasteiger partial charge < -0.3 is 9.32 Å². The SMILES string of the molecule is CCCc1cc(-c2cc(-c3ccc(C(=O)N4CCCCC4)cc3Cl)co2)ccn1.